The summed E-state index contributed by atoms with van der Waals surface area (Å²) in [5.74, 6) is -0.364. The van der Waals surface area contributed by atoms with E-state index < -0.39 is 11.8 Å². The minimum atomic E-state index is -0.562. The van der Waals surface area contributed by atoms with Gasteiger partial charge in [0, 0.05) is 16.9 Å². The molecule has 0 fully saturated rings. The first-order chi connectivity index (χ1) is 14.4. The van der Waals surface area contributed by atoms with Crippen LogP contribution in [0.1, 0.15) is 52.8 Å². The van der Waals surface area contributed by atoms with E-state index in [1.807, 2.05) is 0 Å². The lowest BCUT2D eigenvalue weighted by atomic mass is 9.89. The summed E-state index contributed by atoms with van der Waals surface area (Å²) in [5.41, 5.74) is 1.24. The maximum atomic E-state index is 12.9. The van der Waals surface area contributed by atoms with Gasteiger partial charge in [-0.1, -0.05) is 6.92 Å². The van der Waals surface area contributed by atoms with Crippen LogP contribution in [-0.2, 0) is 29.0 Å². The second kappa shape index (κ2) is 8.47. The smallest absolute Gasteiger partial charge is 0.306 e. The molecule has 0 unspecified atom stereocenters. The summed E-state index contributed by atoms with van der Waals surface area (Å²) < 4.78 is 18.1. The fourth-order valence-corrected chi connectivity index (χ4v) is 5.08. The number of aromatic nitrogens is 2. The van der Waals surface area contributed by atoms with Crippen molar-refractivity contribution >= 4 is 33.3 Å². The molecule has 1 aliphatic rings. The number of esters is 1. The number of carbonyl (C=O) groups excluding carboxylic acids is 2. The molecule has 0 radical (unpaired) electrons. The van der Waals surface area contributed by atoms with Crippen LogP contribution in [-0.4, -0.2) is 21.7 Å². The molecule has 0 aliphatic heterocycles. The van der Waals surface area contributed by atoms with Crippen molar-refractivity contribution < 1.29 is 18.7 Å². The predicted molar refractivity (Wildman–Crippen MR) is 111 cm³/mol. The van der Waals surface area contributed by atoms with Gasteiger partial charge in [0.25, 0.3) is 5.56 Å². The van der Waals surface area contributed by atoms with E-state index in [1.54, 1.807) is 0 Å². The molecule has 0 saturated heterocycles. The third kappa shape index (κ3) is 4.33. The molecular weight excluding hydrogens is 407 g/mol. The number of rotatable bonds is 6. The second-order valence-corrected chi connectivity index (χ2v) is 8.72. The summed E-state index contributed by atoms with van der Waals surface area (Å²) in [6, 6.07) is 5.17. The van der Waals surface area contributed by atoms with Crippen LogP contribution in [0.5, 0.6) is 0 Å². The summed E-state index contributed by atoms with van der Waals surface area (Å²) in [5, 5.41) is 0.655. The number of hydrogen-bond acceptors (Lipinski definition) is 6. The molecule has 156 valence electrons. The molecule has 0 spiro atoms. The molecule has 30 heavy (non-hydrogen) atoms. The zero-order chi connectivity index (χ0) is 21.3. The molecule has 4 rings (SSSR count). The summed E-state index contributed by atoms with van der Waals surface area (Å²) >= 11 is 1.54. The van der Waals surface area contributed by atoms with Crippen molar-refractivity contribution in [2.75, 3.05) is 0 Å². The maximum absolute atomic E-state index is 12.9. The largest absolute Gasteiger partial charge is 0.458 e. The van der Waals surface area contributed by atoms with Crippen molar-refractivity contribution in [2.24, 2.45) is 5.92 Å². The van der Waals surface area contributed by atoms with E-state index in [2.05, 4.69) is 16.9 Å². The van der Waals surface area contributed by atoms with Gasteiger partial charge >= 0.3 is 5.97 Å². The lowest BCUT2D eigenvalue weighted by molar-refractivity contribution is -0.145. The molecule has 6 nitrogen and oxygen atoms in total. The molecule has 1 aliphatic carbocycles. The highest BCUT2D eigenvalue weighted by molar-refractivity contribution is 7.18. The van der Waals surface area contributed by atoms with Crippen molar-refractivity contribution in [1.29, 1.82) is 0 Å². The Kier molecular flexibility index (Phi) is 5.76. The van der Waals surface area contributed by atoms with E-state index in [0.29, 0.717) is 21.7 Å². The Morgan fingerprint density at radius 2 is 2.03 bits per heavy atom. The summed E-state index contributed by atoms with van der Waals surface area (Å²) in [6.45, 7) is 2.05. The number of thiophene rings is 1. The predicted octanol–water partition coefficient (Wildman–Crippen LogP) is 3.95. The number of hydrogen-bond donors (Lipinski definition) is 1. The standard InChI is InChI=1S/C22H21FN2O4S/c1-12-2-7-15-17(10-12)30-22-20(15)21(28)24-18(25-22)11-29-19(27)9-8-16(26)13-3-5-14(23)6-4-13/h3-6,12H,2,7-11H2,1H3,(H,24,25,28)/t12-/m0/s1. The number of aromatic amines is 1. The number of carbonyl (C=O) groups is 2. The van der Waals surface area contributed by atoms with Gasteiger partial charge in [-0.15, -0.1) is 11.3 Å². The summed E-state index contributed by atoms with van der Waals surface area (Å²) in [7, 11) is 0. The van der Waals surface area contributed by atoms with Gasteiger partial charge in [0.05, 0.1) is 11.8 Å². The Hall–Kier alpha value is -2.87. The Balaban J connectivity index is 1.37. The molecule has 8 heteroatoms. The minimum absolute atomic E-state index is 0.0384. The highest BCUT2D eigenvalue weighted by Crippen LogP contribution is 2.35. The number of benzene rings is 1. The molecule has 1 atom stereocenters. The molecule has 0 bridgehead atoms. The third-order valence-corrected chi connectivity index (χ3v) is 6.45. The first-order valence-electron chi connectivity index (χ1n) is 9.88. The zero-order valence-corrected chi connectivity index (χ0v) is 17.3. The lowest BCUT2D eigenvalue weighted by Crippen LogP contribution is -2.16. The molecule has 2 aromatic heterocycles. The van der Waals surface area contributed by atoms with E-state index >= 15 is 0 Å². The average molecular weight is 428 g/mol. The molecule has 1 aromatic carbocycles. The number of nitrogens with zero attached hydrogens (tertiary/aromatic N) is 1. The number of fused-ring (bicyclic) bond motifs is 3. The highest BCUT2D eigenvalue weighted by Gasteiger charge is 2.23. The van der Waals surface area contributed by atoms with Gasteiger partial charge in [0.2, 0.25) is 0 Å². The fourth-order valence-electron chi connectivity index (χ4n) is 3.68. The number of ether oxygens (including phenoxy) is 1. The number of Topliss-reactive ketones (excluding diaryl/α,β-unsaturated/α-hetero) is 1. The van der Waals surface area contributed by atoms with E-state index in [9.17, 15) is 18.8 Å². The maximum Gasteiger partial charge on any atom is 0.306 e. The summed E-state index contributed by atoms with van der Waals surface area (Å²) in [4.78, 5) is 45.7. The molecule has 3 aromatic rings. The highest BCUT2D eigenvalue weighted by atomic mass is 32.1. The number of H-pyrrole nitrogens is 1. The van der Waals surface area contributed by atoms with Crippen molar-refractivity contribution in [3.63, 3.8) is 0 Å². The first kappa shape index (κ1) is 20.4. The van der Waals surface area contributed by atoms with E-state index in [-0.39, 0.29) is 36.6 Å². The summed E-state index contributed by atoms with van der Waals surface area (Å²) in [6.07, 6.45) is 2.77. The van der Waals surface area contributed by atoms with Crippen molar-refractivity contribution in [2.45, 2.75) is 45.6 Å². The van der Waals surface area contributed by atoms with Crippen molar-refractivity contribution in [3.05, 3.63) is 62.3 Å². The van der Waals surface area contributed by atoms with Gasteiger partial charge in [0.1, 0.15) is 23.1 Å². The number of nitrogens with one attached hydrogen (secondary N) is 1. The Morgan fingerprint density at radius 3 is 2.80 bits per heavy atom. The molecular formula is C22H21FN2O4S. The SMILES string of the molecule is C[C@H]1CCc2c(sc3nc(COC(=O)CCC(=O)c4ccc(F)cc4)[nH]c(=O)c23)C1. The normalized spacial score (nSPS) is 15.7. The molecule has 1 N–H and O–H groups in total. The second-order valence-electron chi connectivity index (χ2n) is 7.64. The quantitative estimate of drug-likeness (QED) is 0.474. The van der Waals surface area contributed by atoms with Crippen molar-refractivity contribution in [3.8, 4) is 0 Å². The first-order valence-corrected chi connectivity index (χ1v) is 10.7. The van der Waals surface area contributed by atoms with E-state index in [0.717, 1.165) is 24.8 Å². The van der Waals surface area contributed by atoms with E-state index in [4.69, 9.17) is 4.74 Å². The minimum Gasteiger partial charge on any atom is -0.458 e. The van der Waals surface area contributed by atoms with Gasteiger partial charge in [-0.3, -0.25) is 14.4 Å². The van der Waals surface area contributed by atoms with Gasteiger partial charge in [-0.25, -0.2) is 9.37 Å². The van der Waals surface area contributed by atoms with Crippen LogP contribution in [0.25, 0.3) is 10.2 Å². The van der Waals surface area contributed by atoms with Crippen LogP contribution >= 0.6 is 11.3 Å². The van der Waals surface area contributed by atoms with Crippen LogP contribution in [0.4, 0.5) is 4.39 Å². The number of ketones is 1. The van der Waals surface area contributed by atoms with E-state index in [1.165, 1.54) is 40.5 Å². The van der Waals surface area contributed by atoms with Crippen LogP contribution in [0.2, 0.25) is 0 Å². The zero-order valence-electron chi connectivity index (χ0n) is 16.5. The van der Waals surface area contributed by atoms with Crippen LogP contribution in [0, 0.1) is 11.7 Å². The monoisotopic (exact) mass is 428 g/mol. The Morgan fingerprint density at radius 1 is 1.27 bits per heavy atom. The van der Waals surface area contributed by atoms with Crippen LogP contribution in [0.15, 0.2) is 29.1 Å². The number of halogens is 1. The molecule has 0 saturated carbocycles. The lowest BCUT2D eigenvalue weighted by Gasteiger charge is -2.17. The van der Waals surface area contributed by atoms with Gasteiger partial charge < -0.3 is 9.72 Å². The molecule has 0 amide bonds. The average Bonchev–Trinajstić information content (AvgIpc) is 3.08. The Labute approximate surface area is 176 Å². The number of aryl methyl sites for hydroxylation is 1. The fraction of sp³-hybridized carbons (Fsp3) is 0.364. The van der Waals surface area contributed by atoms with Gasteiger partial charge in [0.15, 0.2) is 5.78 Å². The van der Waals surface area contributed by atoms with Crippen molar-refractivity contribution in [1.82, 2.24) is 9.97 Å². The third-order valence-electron chi connectivity index (χ3n) is 5.31. The van der Waals surface area contributed by atoms with Gasteiger partial charge in [-0.2, -0.15) is 0 Å². The topological polar surface area (TPSA) is 89.1 Å². The Bertz CT molecular complexity index is 1170. The van der Waals surface area contributed by atoms with Crippen LogP contribution in [0.3, 0.4) is 0 Å². The molecule has 2 heterocycles. The van der Waals surface area contributed by atoms with Crippen LogP contribution < -0.4 is 5.56 Å². The van der Waals surface area contributed by atoms with Gasteiger partial charge in [-0.05, 0) is 55.0 Å².